The number of nitrogens with zero attached hydrogens (tertiary/aromatic N) is 3. The molecular weight excluding hydrogens is 524 g/mol. The molecule has 2 fully saturated rings. The van der Waals surface area contributed by atoms with Crippen LogP contribution in [0.2, 0.25) is 0 Å². The molecule has 0 aliphatic carbocycles. The quantitative estimate of drug-likeness (QED) is 0.466. The van der Waals surface area contributed by atoms with E-state index in [9.17, 15) is 14.4 Å². The number of likely N-dealkylation sites (tertiary alicyclic amines) is 2. The average Bonchev–Trinajstić information content (AvgIpc) is 2.93. The average molecular weight is 567 g/mol. The van der Waals surface area contributed by atoms with E-state index in [1.165, 1.54) is 5.56 Å². The molecule has 2 aliphatic rings. The second-order valence-corrected chi connectivity index (χ2v) is 11.8. The lowest BCUT2D eigenvalue weighted by atomic mass is 10.0. The van der Waals surface area contributed by atoms with Crippen LogP contribution in [0.1, 0.15) is 69.4 Å². The van der Waals surface area contributed by atoms with Crippen molar-refractivity contribution >= 4 is 23.7 Å². The first-order valence-corrected chi connectivity index (χ1v) is 14.5. The van der Waals surface area contributed by atoms with E-state index in [-0.39, 0.29) is 30.4 Å². The van der Waals surface area contributed by atoms with Gasteiger partial charge in [0.2, 0.25) is 0 Å². The summed E-state index contributed by atoms with van der Waals surface area (Å²) in [4.78, 5) is 45.5. The number of benzene rings is 1. The maximum Gasteiger partial charge on any atom is 0.412 e. The van der Waals surface area contributed by atoms with Crippen LogP contribution in [0, 0.1) is 0 Å². The monoisotopic (exact) mass is 566 g/mol. The molecule has 3 heterocycles. The molecule has 4 rings (SSSR count). The Bertz CT molecular complexity index is 1230. The van der Waals surface area contributed by atoms with Gasteiger partial charge in [-0.1, -0.05) is 31.2 Å². The number of hydrogen-bond donors (Lipinski definition) is 2. The van der Waals surface area contributed by atoms with E-state index in [4.69, 9.17) is 14.6 Å². The molecule has 1 aromatic heterocycles. The van der Waals surface area contributed by atoms with Gasteiger partial charge < -0.3 is 19.5 Å². The van der Waals surface area contributed by atoms with E-state index in [0.29, 0.717) is 44.7 Å². The normalized spacial score (nSPS) is 17.3. The molecule has 2 aliphatic heterocycles. The molecule has 0 spiro atoms. The van der Waals surface area contributed by atoms with E-state index >= 15 is 0 Å². The summed E-state index contributed by atoms with van der Waals surface area (Å²) in [7, 11) is 0. The van der Waals surface area contributed by atoms with Gasteiger partial charge in [0, 0.05) is 37.9 Å². The van der Waals surface area contributed by atoms with Crippen LogP contribution >= 0.6 is 0 Å². The minimum absolute atomic E-state index is 0.0515. The number of piperidine rings is 2. The van der Waals surface area contributed by atoms with Gasteiger partial charge in [0.25, 0.3) is 5.91 Å². The molecule has 2 N–H and O–H groups in total. The Hall–Kier alpha value is -3.50. The van der Waals surface area contributed by atoms with Crippen molar-refractivity contribution in [1.82, 2.24) is 14.8 Å². The zero-order chi connectivity index (χ0) is 29.6. The first kappa shape index (κ1) is 30.5. The smallest absolute Gasteiger partial charge is 0.412 e. The molecule has 0 unspecified atom stereocenters. The topological polar surface area (TPSA) is 121 Å². The first-order valence-electron chi connectivity index (χ1n) is 14.5. The number of nitrogens with one attached hydrogen (secondary N) is 1. The molecule has 10 nitrogen and oxygen atoms in total. The fourth-order valence-corrected chi connectivity index (χ4v) is 5.28. The molecule has 2 saturated heterocycles. The standard InChI is InChI=1S/C31H42N4O6/c1-5-21-7-6-8-22(17-21)23-18-26(33-30(39)41-31(2,3)4)28(32-19-23)29(38)35-15-11-25(12-16-35)40-24-9-13-34(14-10-24)20-27(36)37/h6-8,17-19,24-25H,5,9-16,20H2,1-4H3,(H,33,39)(H,36,37). The maximum absolute atomic E-state index is 13.6. The van der Waals surface area contributed by atoms with Crippen molar-refractivity contribution in [2.24, 2.45) is 0 Å². The molecule has 0 atom stereocenters. The molecule has 222 valence electrons. The number of aliphatic carboxylic acids is 1. The lowest BCUT2D eigenvalue weighted by Gasteiger charge is -2.36. The van der Waals surface area contributed by atoms with Gasteiger partial charge in [-0.05, 0) is 70.1 Å². The van der Waals surface area contributed by atoms with Crippen LogP contribution in [0.25, 0.3) is 11.1 Å². The molecule has 0 saturated carbocycles. The molecule has 41 heavy (non-hydrogen) atoms. The number of carbonyl (C=O) groups is 3. The van der Waals surface area contributed by atoms with Gasteiger partial charge in [0.1, 0.15) is 5.60 Å². The van der Waals surface area contributed by atoms with E-state index in [1.807, 2.05) is 17.0 Å². The first-order chi connectivity index (χ1) is 19.5. The number of anilines is 1. The Morgan fingerprint density at radius 1 is 1.00 bits per heavy atom. The summed E-state index contributed by atoms with van der Waals surface area (Å²) in [5.41, 5.74) is 2.73. The zero-order valence-electron chi connectivity index (χ0n) is 24.5. The number of carboxylic acid groups (broad SMARTS) is 1. The minimum atomic E-state index is -0.805. The summed E-state index contributed by atoms with van der Waals surface area (Å²) >= 11 is 0. The third kappa shape index (κ3) is 8.74. The van der Waals surface area contributed by atoms with Crippen molar-refractivity contribution in [2.45, 2.75) is 77.6 Å². The van der Waals surface area contributed by atoms with Gasteiger partial charge in [-0.25, -0.2) is 9.78 Å². The van der Waals surface area contributed by atoms with Crippen LogP contribution in [0.15, 0.2) is 36.5 Å². The van der Waals surface area contributed by atoms with Crippen molar-refractivity contribution in [3.8, 4) is 11.1 Å². The Morgan fingerprint density at radius 3 is 2.27 bits per heavy atom. The van der Waals surface area contributed by atoms with Gasteiger partial charge >= 0.3 is 12.1 Å². The molecule has 2 aromatic rings. The Morgan fingerprint density at radius 2 is 1.66 bits per heavy atom. The van der Waals surface area contributed by atoms with E-state index in [0.717, 1.165) is 30.4 Å². The van der Waals surface area contributed by atoms with Crippen molar-refractivity contribution in [2.75, 3.05) is 38.0 Å². The minimum Gasteiger partial charge on any atom is -0.480 e. The second kappa shape index (κ2) is 13.4. The van der Waals surface area contributed by atoms with Gasteiger partial charge in [-0.2, -0.15) is 0 Å². The van der Waals surface area contributed by atoms with Gasteiger partial charge in [0.05, 0.1) is 24.4 Å². The van der Waals surface area contributed by atoms with Gasteiger partial charge in [-0.3, -0.25) is 19.8 Å². The number of pyridine rings is 1. The molecule has 1 aromatic carbocycles. The van der Waals surface area contributed by atoms with E-state index in [1.54, 1.807) is 37.9 Å². The Labute approximate surface area is 242 Å². The second-order valence-electron chi connectivity index (χ2n) is 11.8. The maximum atomic E-state index is 13.6. The third-order valence-corrected chi connectivity index (χ3v) is 7.40. The highest BCUT2D eigenvalue weighted by Gasteiger charge is 2.30. The summed E-state index contributed by atoms with van der Waals surface area (Å²) in [5, 5.41) is 11.8. The number of carbonyl (C=O) groups excluding carboxylic acids is 2. The summed E-state index contributed by atoms with van der Waals surface area (Å²) in [6.07, 6.45) is 5.12. The van der Waals surface area contributed by atoms with E-state index < -0.39 is 17.7 Å². The number of ether oxygens (including phenoxy) is 2. The summed E-state index contributed by atoms with van der Waals surface area (Å²) in [6, 6.07) is 9.89. The predicted molar refractivity (Wildman–Crippen MR) is 156 cm³/mol. The number of hydrogen-bond acceptors (Lipinski definition) is 7. The van der Waals surface area contributed by atoms with Crippen molar-refractivity contribution in [3.05, 3.63) is 47.8 Å². The van der Waals surface area contributed by atoms with Crippen LogP contribution in [0.5, 0.6) is 0 Å². The lowest BCUT2D eigenvalue weighted by Crippen LogP contribution is -2.44. The summed E-state index contributed by atoms with van der Waals surface area (Å²) in [5.74, 6) is -1.05. The van der Waals surface area contributed by atoms with Crippen LogP contribution in [-0.4, -0.2) is 88.4 Å². The van der Waals surface area contributed by atoms with Gasteiger partial charge in [0.15, 0.2) is 5.69 Å². The number of rotatable bonds is 8. The van der Waals surface area contributed by atoms with Crippen molar-refractivity contribution < 1.29 is 29.0 Å². The predicted octanol–water partition coefficient (Wildman–Crippen LogP) is 4.83. The van der Waals surface area contributed by atoms with Crippen molar-refractivity contribution in [3.63, 3.8) is 0 Å². The molecule has 0 bridgehead atoms. The molecule has 0 radical (unpaired) electrons. The van der Waals surface area contributed by atoms with Crippen LogP contribution < -0.4 is 5.32 Å². The van der Waals surface area contributed by atoms with Crippen LogP contribution in [0.3, 0.4) is 0 Å². The number of carboxylic acids is 1. The van der Waals surface area contributed by atoms with E-state index in [2.05, 4.69) is 29.4 Å². The Kier molecular flexibility index (Phi) is 9.99. The molecule has 2 amide bonds. The number of aromatic nitrogens is 1. The highest BCUT2D eigenvalue weighted by atomic mass is 16.6. The highest BCUT2D eigenvalue weighted by Crippen LogP contribution is 2.28. The lowest BCUT2D eigenvalue weighted by molar-refractivity contribution is -0.139. The third-order valence-electron chi connectivity index (χ3n) is 7.40. The fraction of sp³-hybridized carbons (Fsp3) is 0.548. The van der Waals surface area contributed by atoms with Crippen LogP contribution in [-0.2, 0) is 20.7 Å². The Balaban J connectivity index is 1.42. The molecular formula is C31H42N4O6. The summed E-state index contributed by atoms with van der Waals surface area (Å²) < 4.78 is 11.8. The number of amides is 2. The zero-order valence-corrected chi connectivity index (χ0v) is 24.5. The highest BCUT2D eigenvalue weighted by molar-refractivity contribution is 6.01. The van der Waals surface area contributed by atoms with Crippen molar-refractivity contribution in [1.29, 1.82) is 0 Å². The summed E-state index contributed by atoms with van der Waals surface area (Å²) in [6.45, 7) is 9.99. The molecule has 10 heteroatoms. The van der Waals surface area contributed by atoms with Gasteiger partial charge in [-0.15, -0.1) is 0 Å². The fourth-order valence-electron chi connectivity index (χ4n) is 5.28. The van der Waals surface area contributed by atoms with Crippen LogP contribution in [0.4, 0.5) is 10.5 Å². The SMILES string of the molecule is CCc1cccc(-c2cnc(C(=O)N3CCC(OC4CCN(CC(=O)O)CC4)CC3)c(NC(=O)OC(C)(C)C)c2)c1. The largest absolute Gasteiger partial charge is 0.480 e. The number of aryl methyl sites for hydroxylation is 1.